The number of hydrogen-bond donors (Lipinski definition) is 0. The normalized spacial score (nSPS) is 16.6. The summed E-state index contributed by atoms with van der Waals surface area (Å²) in [6.07, 6.45) is 0.217. The van der Waals surface area contributed by atoms with Gasteiger partial charge in [-0.15, -0.1) is 0 Å². The van der Waals surface area contributed by atoms with Crippen molar-refractivity contribution in [2.75, 3.05) is 13.2 Å². The lowest BCUT2D eigenvalue weighted by atomic mass is 10.2. The van der Waals surface area contributed by atoms with E-state index in [2.05, 4.69) is 0 Å². The summed E-state index contributed by atoms with van der Waals surface area (Å²) in [7, 11) is -2.15. The van der Waals surface area contributed by atoms with Crippen molar-refractivity contribution in [2.45, 2.75) is 26.6 Å². The van der Waals surface area contributed by atoms with Crippen LogP contribution in [0.3, 0.4) is 0 Å². The van der Waals surface area contributed by atoms with E-state index < -0.39 is 21.2 Å². The van der Waals surface area contributed by atoms with Crippen molar-refractivity contribution in [3.63, 3.8) is 0 Å². The van der Waals surface area contributed by atoms with Crippen LogP contribution in [0.5, 0.6) is 0 Å². The van der Waals surface area contributed by atoms with Crippen LogP contribution >= 0.6 is 0 Å². The van der Waals surface area contributed by atoms with E-state index in [0.29, 0.717) is 18.4 Å². The van der Waals surface area contributed by atoms with Crippen molar-refractivity contribution >= 4 is 26.4 Å². The van der Waals surface area contributed by atoms with Crippen LogP contribution in [0, 0.1) is 0 Å². The smallest absolute Gasteiger partial charge is 0.480 e. The van der Waals surface area contributed by atoms with E-state index in [0.717, 1.165) is 12.2 Å². The van der Waals surface area contributed by atoms with Gasteiger partial charge in [0, 0.05) is 19.0 Å². The molecule has 1 atom stereocenters. The van der Waals surface area contributed by atoms with E-state index in [1.54, 1.807) is 6.07 Å². The number of carbonyl (C=O) groups excluding carboxylic acids is 2. The Morgan fingerprint density at radius 3 is 2.52 bits per heavy atom. The second-order valence-electron chi connectivity index (χ2n) is 4.65. The van der Waals surface area contributed by atoms with E-state index in [9.17, 15) is 9.59 Å². The summed E-state index contributed by atoms with van der Waals surface area (Å²) >= 11 is 0. The number of epoxide rings is 1. The minimum atomic E-state index is -2.15. The summed E-state index contributed by atoms with van der Waals surface area (Å²) in [4.78, 5) is 22.2. The van der Waals surface area contributed by atoms with Gasteiger partial charge in [-0.2, -0.15) is 0 Å². The molecule has 0 N–H and O–H groups in total. The Morgan fingerprint density at radius 2 is 1.95 bits per heavy atom. The van der Waals surface area contributed by atoms with Crippen LogP contribution < -0.4 is 5.19 Å². The Balaban J connectivity index is 2.00. The van der Waals surface area contributed by atoms with Gasteiger partial charge in [0.15, 0.2) is 0 Å². The molecule has 1 fully saturated rings. The number of rotatable bonds is 7. The molecule has 21 heavy (non-hydrogen) atoms. The Morgan fingerprint density at radius 1 is 1.29 bits per heavy atom. The van der Waals surface area contributed by atoms with Gasteiger partial charge in [-0.05, 0) is 5.56 Å². The number of ether oxygens (including phenoxy) is 2. The monoisotopic (exact) mass is 309 g/mol. The largest absolute Gasteiger partial charge is 0.576 e. The molecule has 1 aliphatic heterocycles. The maximum atomic E-state index is 11.1. The number of carbonyl (C=O) groups is 2. The standard InChI is InChI=1S/C14H17O6Si/c1-10(15)19-21(20-11(2)16)14-5-3-4-12(6-14)7-17-8-13-9-18-13/h3-6,13H,7-9H2,1-2H3. The molecule has 1 aromatic carbocycles. The highest BCUT2D eigenvalue weighted by atomic mass is 28.3. The second kappa shape index (κ2) is 7.35. The van der Waals surface area contributed by atoms with E-state index >= 15 is 0 Å². The molecular weight excluding hydrogens is 292 g/mol. The zero-order valence-electron chi connectivity index (χ0n) is 12.0. The lowest BCUT2D eigenvalue weighted by molar-refractivity contribution is -0.137. The van der Waals surface area contributed by atoms with Crippen molar-refractivity contribution in [1.29, 1.82) is 0 Å². The van der Waals surface area contributed by atoms with E-state index in [1.165, 1.54) is 13.8 Å². The maximum Gasteiger partial charge on any atom is 0.576 e. The molecule has 7 heteroatoms. The Bertz CT molecular complexity index is 498. The van der Waals surface area contributed by atoms with Gasteiger partial charge in [0.1, 0.15) is 6.10 Å². The van der Waals surface area contributed by atoms with Gasteiger partial charge in [-0.3, -0.25) is 9.59 Å². The third-order valence-electron chi connectivity index (χ3n) is 2.61. The Kier molecular flexibility index (Phi) is 5.49. The predicted molar refractivity (Wildman–Crippen MR) is 74.8 cm³/mol. The first-order chi connectivity index (χ1) is 10.0. The highest BCUT2D eigenvalue weighted by molar-refractivity contribution is 6.64. The first kappa shape index (κ1) is 15.7. The number of benzene rings is 1. The Labute approximate surface area is 124 Å². The van der Waals surface area contributed by atoms with Gasteiger partial charge in [-0.25, -0.2) is 0 Å². The maximum absolute atomic E-state index is 11.1. The molecule has 0 aromatic heterocycles. The first-order valence-corrected chi connectivity index (χ1v) is 7.88. The molecule has 0 aliphatic carbocycles. The van der Waals surface area contributed by atoms with Crippen LogP contribution in [0.25, 0.3) is 0 Å². The fraction of sp³-hybridized carbons (Fsp3) is 0.429. The Hall–Kier alpha value is -1.70. The molecule has 113 valence electrons. The molecule has 0 saturated carbocycles. The predicted octanol–water partition coefficient (Wildman–Crippen LogP) is 0.423. The SMILES string of the molecule is CC(=O)O[Si](OC(C)=O)c1cccc(COCC2CO2)c1. The summed E-state index contributed by atoms with van der Waals surface area (Å²) < 4.78 is 20.8. The molecule has 0 bridgehead atoms. The van der Waals surface area contributed by atoms with Gasteiger partial charge in [0.25, 0.3) is 11.9 Å². The van der Waals surface area contributed by atoms with Crippen LogP contribution in [-0.2, 0) is 34.5 Å². The topological polar surface area (TPSA) is 74.4 Å². The van der Waals surface area contributed by atoms with Crippen LogP contribution in [0.2, 0.25) is 0 Å². The van der Waals surface area contributed by atoms with Crippen molar-refractivity contribution in [2.24, 2.45) is 0 Å². The van der Waals surface area contributed by atoms with Gasteiger partial charge < -0.3 is 18.3 Å². The molecule has 1 heterocycles. The lowest BCUT2D eigenvalue weighted by Gasteiger charge is -2.13. The molecule has 1 unspecified atom stereocenters. The molecular formula is C14H17O6Si. The molecule has 0 spiro atoms. The lowest BCUT2D eigenvalue weighted by Crippen LogP contribution is -2.39. The highest BCUT2D eigenvalue weighted by Gasteiger charge is 2.27. The van der Waals surface area contributed by atoms with Gasteiger partial charge in [0.2, 0.25) is 0 Å². The molecule has 1 aliphatic rings. The van der Waals surface area contributed by atoms with Gasteiger partial charge in [-0.1, -0.05) is 24.3 Å². The summed E-state index contributed by atoms with van der Waals surface area (Å²) in [5.41, 5.74) is 0.926. The third-order valence-corrected chi connectivity index (χ3v) is 4.34. The van der Waals surface area contributed by atoms with E-state index in [-0.39, 0.29) is 6.10 Å². The minimum absolute atomic E-state index is 0.217. The van der Waals surface area contributed by atoms with Crippen LogP contribution in [0.4, 0.5) is 0 Å². The average molecular weight is 309 g/mol. The van der Waals surface area contributed by atoms with Crippen molar-refractivity contribution < 1.29 is 27.9 Å². The van der Waals surface area contributed by atoms with Crippen molar-refractivity contribution in [3.05, 3.63) is 29.8 Å². The summed E-state index contributed by atoms with van der Waals surface area (Å²) in [6, 6.07) is 7.32. The van der Waals surface area contributed by atoms with E-state index in [1.807, 2.05) is 18.2 Å². The molecule has 0 amide bonds. The molecule has 1 radical (unpaired) electrons. The fourth-order valence-corrected chi connectivity index (χ4v) is 3.00. The summed E-state index contributed by atoms with van der Waals surface area (Å²) in [5.74, 6) is -0.949. The molecule has 1 saturated heterocycles. The van der Waals surface area contributed by atoms with Crippen LogP contribution in [0.15, 0.2) is 24.3 Å². The molecule has 1 aromatic rings. The molecule has 6 nitrogen and oxygen atoms in total. The highest BCUT2D eigenvalue weighted by Crippen LogP contribution is 2.10. The second-order valence-corrected chi connectivity index (χ2v) is 6.21. The third kappa shape index (κ3) is 5.66. The zero-order valence-corrected chi connectivity index (χ0v) is 13.0. The number of hydrogen-bond acceptors (Lipinski definition) is 6. The van der Waals surface area contributed by atoms with Crippen molar-refractivity contribution in [1.82, 2.24) is 0 Å². The summed E-state index contributed by atoms with van der Waals surface area (Å²) in [6.45, 7) is 4.33. The quantitative estimate of drug-likeness (QED) is 0.537. The van der Waals surface area contributed by atoms with Gasteiger partial charge >= 0.3 is 9.28 Å². The minimum Gasteiger partial charge on any atom is -0.480 e. The average Bonchev–Trinajstić information content (AvgIpc) is 3.21. The van der Waals surface area contributed by atoms with Crippen molar-refractivity contribution in [3.8, 4) is 0 Å². The van der Waals surface area contributed by atoms with Crippen LogP contribution in [-0.4, -0.2) is 40.5 Å². The summed E-state index contributed by atoms with van der Waals surface area (Å²) in [5, 5.41) is 0.689. The van der Waals surface area contributed by atoms with Crippen LogP contribution in [0.1, 0.15) is 19.4 Å². The van der Waals surface area contributed by atoms with Gasteiger partial charge in [0.05, 0.1) is 19.8 Å². The zero-order chi connectivity index (χ0) is 15.2. The first-order valence-electron chi connectivity index (χ1n) is 6.57. The molecule has 2 rings (SSSR count). The fourth-order valence-electron chi connectivity index (χ4n) is 1.66. The van der Waals surface area contributed by atoms with E-state index in [4.69, 9.17) is 18.3 Å².